The summed E-state index contributed by atoms with van der Waals surface area (Å²) in [4.78, 5) is 42.3. The number of nitrogens with one attached hydrogen (secondary N) is 1. The smallest absolute Gasteiger partial charge is 0.330 e. The molecule has 4 rings (SSSR count). The molecule has 0 spiro atoms. The number of H-pyrrole nitrogens is 1. The maximum atomic E-state index is 13.5. The molecular formula is C23H19BrN4O4. The number of anilines is 2. The number of benzene rings is 2. The SMILES string of the molecule is Nc1c(N(Cc2ccco2)C(=O)c2cccc(Br)c2)c(=O)[nH]c(=O)n1Cc1ccccc1. The van der Waals surface area contributed by atoms with Crippen LogP contribution in [0.5, 0.6) is 0 Å². The van der Waals surface area contributed by atoms with Crippen LogP contribution in [-0.4, -0.2) is 15.5 Å². The quantitative estimate of drug-likeness (QED) is 0.426. The molecule has 0 atom stereocenters. The largest absolute Gasteiger partial charge is 0.467 e. The van der Waals surface area contributed by atoms with E-state index >= 15 is 0 Å². The molecule has 3 N–H and O–H groups in total. The first-order valence-electron chi connectivity index (χ1n) is 9.70. The first kappa shape index (κ1) is 21.4. The molecule has 162 valence electrons. The summed E-state index contributed by atoms with van der Waals surface area (Å²) in [6, 6.07) is 19.3. The van der Waals surface area contributed by atoms with E-state index in [0.29, 0.717) is 15.8 Å². The third kappa shape index (κ3) is 4.42. The monoisotopic (exact) mass is 494 g/mol. The Balaban J connectivity index is 1.85. The van der Waals surface area contributed by atoms with Crippen LogP contribution in [0.4, 0.5) is 11.5 Å². The average Bonchev–Trinajstić information content (AvgIpc) is 3.29. The first-order valence-corrected chi connectivity index (χ1v) is 10.5. The fourth-order valence-electron chi connectivity index (χ4n) is 3.35. The third-order valence-electron chi connectivity index (χ3n) is 4.88. The highest BCUT2D eigenvalue weighted by atomic mass is 79.9. The van der Waals surface area contributed by atoms with E-state index in [1.165, 1.54) is 15.7 Å². The lowest BCUT2D eigenvalue weighted by molar-refractivity contribution is 0.0983. The number of carbonyl (C=O) groups excluding carboxylic acids is 1. The zero-order valence-corrected chi connectivity index (χ0v) is 18.4. The van der Waals surface area contributed by atoms with E-state index < -0.39 is 17.2 Å². The van der Waals surface area contributed by atoms with Crippen LogP contribution in [0.3, 0.4) is 0 Å². The first-order chi connectivity index (χ1) is 15.4. The standard InChI is InChI=1S/C23H19BrN4O4/c24-17-9-4-8-16(12-17)22(30)27(14-18-10-5-11-32-18)19-20(25)28(23(31)26-21(19)29)13-15-6-2-1-3-7-15/h1-12H,13-14,25H2,(H,26,29,31). The van der Waals surface area contributed by atoms with Gasteiger partial charge in [-0.15, -0.1) is 0 Å². The fraction of sp³-hybridized carbons (Fsp3) is 0.0870. The molecule has 0 aliphatic heterocycles. The van der Waals surface area contributed by atoms with Crippen molar-refractivity contribution in [3.8, 4) is 0 Å². The van der Waals surface area contributed by atoms with E-state index in [1.807, 2.05) is 30.3 Å². The number of nitrogens with zero attached hydrogens (tertiary/aromatic N) is 2. The highest BCUT2D eigenvalue weighted by Gasteiger charge is 2.26. The molecule has 0 saturated heterocycles. The lowest BCUT2D eigenvalue weighted by atomic mass is 10.2. The summed E-state index contributed by atoms with van der Waals surface area (Å²) in [6.07, 6.45) is 1.47. The maximum absolute atomic E-state index is 13.5. The predicted molar refractivity (Wildman–Crippen MR) is 125 cm³/mol. The van der Waals surface area contributed by atoms with Crippen molar-refractivity contribution in [3.63, 3.8) is 0 Å². The van der Waals surface area contributed by atoms with Gasteiger partial charge in [-0.2, -0.15) is 0 Å². The number of nitrogen functional groups attached to an aromatic ring is 1. The van der Waals surface area contributed by atoms with Crippen molar-refractivity contribution in [3.05, 3.63) is 115 Å². The zero-order chi connectivity index (χ0) is 22.7. The minimum atomic E-state index is -0.758. The molecule has 0 bridgehead atoms. The second-order valence-corrected chi connectivity index (χ2v) is 7.96. The molecular weight excluding hydrogens is 476 g/mol. The number of aromatic nitrogens is 2. The molecule has 2 heterocycles. The number of furan rings is 1. The summed E-state index contributed by atoms with van der Waals surface area (Å²) in [5.74, 6) is -0.129. The molecule has 0 aliphatic rings. The van der Waals surface area contributed by atoms with Crippen molar-refractivity contribution in [1.29, 1.82) is 0 Å². The summed E-state index contributed by atoms with van der Waals surface area (Å²) in [5, 5.41) is 0. The zero-order valence-electron chi connectivity index (χ0n) is 16.8. The Kier molecular flexibility index (Phi) is 6.09. The van der Waals surface area contributed by atoms with Crippen molar-refractivity contribution < 1.29 is 9.21 Å². The number of carbonyl (C=O) groups is 1. The van der Waals surface area contributed by atoms with Crippen molar-refractivity contribution in [2.24, 2.45) is 0 Å². The van der Waals surface area contributed by atoms with Gasteiger partial charge in [-0.05, 0) is 35.9 Å². The summed E-state index contributed by atoms with van der Waals surface area (Å²) < 4.78 is 7.34. The Hall–Kier alpha value is -3.85. The van der Waals surface area contributed by atoms with Crippen LogP contribution in [0.15, 0.2) is 91.5 Å². The minimum absolute atomic E-state index is 0.0465. The minimum Gasteiger partial charge on any atom is -0.467 e. The van der Waals surface area contributed by atoms with Crippen LogP contribution in [0, 0.1) is 0 Å². The summed E-state index contributed by atoms with van der Waals surface area (Å²) in [5.41, 5.74) is 5.93. The number of hydrogen-bond donors (Lipinski definition) is 2. The van der Waals surface area contributed by atoms with E-state index in [4.69, 9.17) is 10.2 Å². The lowest BCUT2D eigenvalue weighted by Crippen LogP contribution is -2.41. The van der Waals surface area contributed by atoms with Crippen LogP contribution in [0.25, 0.3) is 0 Å². The normalized spacial score (nSPS) is 10.8. The van der Waals surface area contributed by atoms with E-state index in [2.05, 4.69) is 20.9 Å². The van der Waals surface area contributed by atoms with Gasteiger partial charge in [-0.1, -0.05) is 52.3 Å². The van der Waals surface area contributed by atoms with Crippen molar-refractivity contribution in [2.45, 2.75) is 13.1 Å². The number of aromatic amines is 1. The van der Waals surface area contributed by atoms with Crippen LogP contribution in [0.1, 0.15) is 21.7 Å². The highest BCUT2D eigenvalue weighted by Crippen LogP contribution is 2.24. The third-order valence-corrected chi connectivity index (χ3v) is 5.37. The lowest BCUT2D eigenvalue weighted by Gasteiger charge is -2.24. The van der Waals surface area contributed by atoms with Crippen molar-refractivity contribution >= 4 is 33.3 Å². The van der Waals surface area contributed by atoms with Gasteiger partial charge in [0.05, 0.1) is 19.4 Å². The van der Waals surface area contributed by atoms with E-state index in [1.54, 1.807) is 36.4 Å². The number of nitrogens with two attached hydrogens (primary N) is 1. The molecule has 9 heteroatoms. The number of amides is 1. The Labute approximate surface area is 191 Å². The molecule has 8 nitrogen and oxygen atoms in total. The summed E-state index contributed by atoms with van der Waals surface area (Å²) >= 11 is 3.36. The van der Waals surface area contributed by atoms with E-state index in [0.717, 1.165) is 5.56 Å². The van der Waals surface area contributed by atoms with E-state index in [-0.39, 0.29) is 24.6 Å². The maximum Gasteiger partial charge on any atom is 0.330 e. The van der Waals surface area contributed by atoms with Crippen LogP contribution < -0.4 is 21.9 Å². The van der Waals surface area contributed by atoms with Gasteiger partial charge in [0.25, 0.3) is 11.5 Å². The fourth-order valence-corrected chi connectivity index (χ4v) is 3.75. The van der Waals surface area contributed by atoms with Gasteiger partial charge in [0.15, 0.2) is 5.69 Å². The molecule has 2 aromatic carbocycles. The second-order valence-electron chi connectivity index (χ2n) is 7.05. The van der Waals surface area contributed by atoms with Gasteiger partial charge in [0.1, 0.15) is 11.6 Å². The predicted octanol–water partition coefficient (Wildman–Crippen LogP) is 3.37. The van der Waals surface area contributed by atoms with Crippen LogP contribution in [0.2, 0.25) is 0 Å². The van der Waals surface area contributed by atoms with Gasteiger partial charge in [-0.25, -0.2) is 4.79 Å². The molecule has 0 saturated carbocycles. The van der Waals surface area contributed by atoms with Crippen molar-refractivity contribution in [2.75, 3.05) is 10.6 Å². The Bertz CT molecular complexity index is 1360. The Morgan fingerprint density at radius 1 is 1.06 bits per heavy atom. The Morgan fingerprint density at radius 2 is 1.84 bits per heavy atom. The highest BCUT2D eigenvalue weighted by molar-refractivity contribution is 9.10. The molecule has 0 radical (unpaired) electrons. The molecule has 0 unspecified atom stereocenters. The molecule has 0 fully saturated rings. The summed E-state index contributed by atoms with van der Waals surface area (Å²) in [6.45, 7) is 0.0874. The van der Waals surface area contributed by atoms with Crippen LogP contribution in [-0.2, 0) is 13.1 Å². The number of hydrogen-bond acceptors (Lipinski definition) is 5. The van der Waals surface area contributed by atoms with Gasteiger partial charge in [-0.3, -0.25) is 24.0 Å². The molecule has 4 aromatic rings. The number of halogens is 1. The number of rotatable bonds is 6. The molecule has 1 amide bonds. The molecule has 2 aromatic heterocycles. The second kappa shape index (κ2) is 9.11. The molecule has 32 heavy (non-hydrogen) atoms. The van der Waals surface area contributed by atoms with E-state index in [9.17, 15) is 14.4 Å². The van der Waals surface area contributed by atoms with Gasteiger partial charge in [0.2, 0.25) is 0 Å². The van der Waals surface area contributed by atoms with Gasteiger partial charge in [0, 0.05) is 10.0 Å². The van der Waals surface area contributed by atoms with Crippen LogP contribution >= 0.6 is 15.9 Å². The van der Waals surface area contributed by atoms with Gasteiger partial charge < -0.3 is 10.2 Å². The molecule has 0 aliphatic carbocycles. The summed E-state index contributed by atoms with van der Waals surface area (Å²) in [7, 11) is 0. The topological polar surface area (TPSA) is 114 Å². The average molecular weight is 495 g/mol. The van der Waals surface area contributed by atoms with Gasteiger partial charge >= 0.3 is 5.69 Å². The Morgan fingerprint density at radius 3 is 2.53 bits per heavy atom. The van der Waals surface area contributed by atoms with Crippen molar-refractivity contribution in [1.82, 2.24) is 9.55 Å².